The van der Waals surface area contributed by atoms with E-state index in [0.29, 0.717) is 23.5 Å². The fraction of sp³-hybridized carbons (Fsp3) is 0.0690. The number of carbonyl (C=O) groups excluding carboxylic acids is 1. The third kappa shape index (κ3) is 3.99. The van der Waals surface area contributed by atoms with Gasteiger partial charge in [0.1, 0.15) is 5.56 Å². The molecular weight excluding hydrogens is 422 g/mol. The van der Waals surface area contributed by atoms with Gasteiger partial charge in [0.2, 0.25) is 0 Å². The monoisotopic (exact) mass is 445 g/mol. The highest BCUT2D eigenvalue weighted by molar-refractivity contribution is 6.10. The van der Waals surface area contributed by atoms with Crippen LogP contribution in [0.25, 0.3) is 33.2 Å². The molecular formula is C29H23N3O2. The smallest absolute Gasteiger partial charge is 0.280 e. The summed E-state index contributed by atoms with van der Waals surface area (Å²) in [5.74, 6) is -0.457. The number of nitrogens with zero attached hydrogens (tertiary/aromatic N) is 2. The molecule has 5 heteroatoms. The molecule has 166 valence electrons. The van der Waals surface area contributed by atoms with Crippen molar-refractivity contribution in [3.05, 3.63) is 119 Å². The first kappa shape index (κ1) is 21.3. The maximum atomic E-state index is 13.7. The Morgan fingerprint density at radius 2 is 1.41 bits per heavy atom. The van der Waals surface area contributed by atoms with E-state index in [4.69, 9.17) is 0 Å². The van der Waals surface area contributed by atoms with E-state index in [1.54, 1.807) is 0 Å². The molecule has 0 fully saturated rings. The van der Waals surface area contributed by atoms with Crippen LogP contribution < -0.4 is 10.9 Å². The molecule has 0 aliphatic heterocycles. The summed E-state index contributed by atoms with van der Waals surface area (Å²) in [4.78, 5) is 27.1. The molecule has 4 aromatic carbocycles. The van der Waals surface area contributed by atoms with Gasteiger partial charge in [0.05, 0.1) is 5.69 Å². The number of nitrogens with one attached hydrogen (secondary N) is 1. The number of carbonyl (C=O) groups is 1. The van der Waals surface area contributed by atoms with Crippen LogP contribution in [0.1, 0.15) is 17.3 Å². The zero-order valence-corrected chi connectivity index (χ0v) is 18.7. The highest BCUT2D eigenvalue weighted by atomic mass is 16.2. The largest absolute Gasteiger partial charge is 0.322 e. The van der Waals surface area contributed by atoms with Crippen LogP contribution in [0.3, 0.4) is 0 Å². The van der Waals surface area contributed by atoms with Crippen molar-refractivity contribution in [2.24, 2.45) is 0 Å². The molecule has 1 aromatic heterocycles. The maximum absolute atomic E-state index is 13.7. The van der Waals surface area contributed by atoms with Crippen molar-refractivity contribution in [1.29, 1.82) is 0 Å². The highest BCUT2D eigenvalue weighted by Crippen LogP contribution is 2.32. The Morgan fingerprint density at radius 3 is 2.09 bits per heavy atom. The topological polar surface area (TPSA) is 64.0 Å². The Morgan fingerprint density at radius 1 is 0.794 bits per heavy atom. The minimum Gasteiger partial charge on any atom is -0.322 e. The van der Waals surface area contributed by atoms with Crippen LogP contribution in [0, 0.1) is 0 Å². The van der Waals surface area contributed by atoms with Crippen LogP contribution in [-0.4, -0.2) is 15.7 Å². The van der Waals surface area contributed by atoms with Crippen molar-refractivity contribution in [1.82, 2.24) is 9.78 Å². The number of amides is 1. The zero-order valence-electron chi connectivity index (χ0n) is 18.7. The summed E-state index contributed by atoms with van der Waals surface area (Å²) in [5.41, 5.74) is 3.01. The minimum atomic E-state index is -0.457. The number of aromatic nitrogens is 2. The third-order valence-corrected chi connectivity index (χ3v) is 5.80. The Kier molecular flexibility index (Phi) is 5.75. The summed E-state index contributed by atoms with van der Waals surface area (Å²) < 4.78 is 1.35. The second-order valence-electron chi connectivity index (χ2n) is 7.97. The van der Waals surface area contributed by atoms with E-state index in [1.807, 2.05) is 110 Å². The Hall–Kier alpha value is -4.51. The molecule has 0 atom stereocenters. The van der Waals surface area contributed by atoms with Crippen LogP contribution in [0.5, 0.6) is 0 Å². The normalized spacial score (nSPS) is 10.9. The lowest BCUT2D eigenvalue weighted by molar-refractivity contribution is 0.102. The number of aryl methyl sites for hydroxylation is 1. The Bertz CT molecular complexity index is 1540. The minimum absolute atomic E-state index is 0.0788. The van der Waals surface area contributed by atoms with E-state index >= 15 is 0 Å². The van der Waals surface area contributed by atoms with Gasteiger partial charge in [0, 0.05) is 23.4 Å². The number of anilines is 1. The lowest BCUT2D eigenvalue weighted by atomic mass is 9.95. The Balaban J connectivity index is 1.71. The van der Waals surface area contributed by atoms with Crippen molar-refractivity contribution in [2.75, 3.05) is 5.32 Å². The number of hydrogen-bond acceptors (Lipinski definition) is 3. The van der Waals surface area contributed by atoms with Crippen molar-refractivity contribution in [3.8, 4) is 22.4 Å². The van der Waals surface area contributed by atoms with E-state index in [0.717, 1.165) is 21.9 Å². The summed E-state index contributed by atoms with van der Waals surface area (Å²) in [6.45, 7) is 2.19. The van der Waals surface area contributed by atoms with Gasteiger partial charge in [-0.05, 0) is 35.4 Å². The SMILES string of the molecule is CCn1nc(-c2ccccc2)c(-c2ccccc2)c(C(=O)Nc2ccc3ccccc3c2)c1=O. The molecule has 0 bridgehead atoms. The standard InChI is InChI=1S/C29H23N3O2/c1-2-32-29(34)26(28(33)30-24-18-17-20-11-9-10-16-23(20)19-24)25(21-12-5-3-6-13-21)27(31-32)22-14-7-4-8-15-22/h3-19H,2H2,1H3,(H,30,33). The average Bonchev–Trinajstić information content (AvgIpc) is 2.89. The van der Waals surface area contributed by atoms with E-state index in [-0.39, 0.29) is 5.56 Å². The van der Waals surface area contributed by atoms with Crippen molar-refractivity contribution < 1.29 is 4.79 Å². The van der Waals surface area contributed by atoms with E-state index < -0.39 is 11.5 Å². The van der Waals surface area contributed by atoms with E-state index in [9.17, 15) is 9.59 Å². The molecule has 0 aliphatic carbocycles. The fourth-order valence-corrected chi connectivity index (χ4v) is 4.14. The summed E-state index contributed by atoms with van der Waals surface area (Å²) >= 11 is 0. The van der Waals surface area contributed by atoms with Crippen LogP contribution in [0.15, 0.2) is 108 Å². The molecule has 1 amide bonds. The molecule has 0 aliphatic rings. The molecule has 0 unspecified atom stereocenters. The van der Waals surface area contributed by atoms with Gasteiger partial charge >= 0.3 is 0 Å². The van der Waals surface area contributed by atoms with Crippen molar-refractivity contribution in [2.45, 2.75) is 13.5 Å². The third-order valence-electron chi connectivity index (χ3n) is 5.80. The molecule has 34 heavy (non-hydrogen) atoms. The van der Waals surface area contributed by atoms with Gasteiger partial charge in [-0.25, -0.2) is 4.68 Å². The lowest BCUT2D eigenvalue weighted by Crippen LogP contribution is -2.32. The van der Waals surface area contributed by atoms with Gasteiger partial charge < -0.3 is 5.32 Å². The number of fused-ring (bicyclic) bond motifs is 1. The predicted molar refractivity (Wildman–Crippen MR) is 137 cm³/mol. The Labute approximate surface area is 197 Å². The molecule has 1 N–H and O–H groups in total. The molecule has 5 nitrogen and oxygen atoms in total. The molecule has 0 saturated heterocycles. The van der Waals surface area contributed by atoms with Crippen LogP contribution in [0.4, 0.5) is 5.69 Å². The second kappa shape index (κ2) is 9.16. The van der Waals surface area contributed by atoms with Gasteiger partial charge in [0.25, 0.3) is 11.5 Å². The van der Waals surface area contributed by atoms with E-state index in [1.165, 1.54) is 4.68 Å². The fourth-order valence-electron chi connectivity index (χ4n) is 4.14. The number of rotatable bonds is 5. The summed E-state index contributed by atoms with van der Waals surface area (Å²) in [5, 5.41) is 9.69. The quantitative estimate of drug-likeness (QED) is 0.361. The predicted octanol–water partition coefficient (Wildman–Crippen LogP) is 6.00. The second-order valence-corrected chi connectivity index (χ2v) is 7.97. The van der Waals surface area contributed by atoms with Gasteiger partial charge in [0.15, 0.2) is 0 Å². The summed E-state index contributed by atoms with van der Waals surface area (Å²) in [6.07, 6.45) is 0. The first-order valence-electron chi connectivity index (χ1n) is 11.2. The number of benzene rings is 4. The van der Waals surface area contributed by atoms with Gasteiger partial charge in [-0.1, -0.05) is 91.0 Å². The zero-order chi connectivity index (χ0) is 23.5. The maximum Gasteiger partial charge on any atom is 0.280 e. The first-order valence-corrected chi connectivity index (χ1v) is 11.2. The molecule has 0 spiro atoms. The summed E-state index contributed by atoms with van der Waals surface area (Å²) in [7, 11) is 0. The molecule has 5 rings (SSSR count). The first-order chi connectivity index (χ1) is 16.7. The van der Waals surface area contributed by atoms with Gasteiger partial charge in [-0.15, -0.1) is 0 Å². The summed E-state index contributed by atoms with van der Waals surface area (Å²) in [6, 6.07) is 32.8. The van der Waals surface area contributed by atoms with Crippen molar-refractivity contribution in [3.63, 3.8) is 0 Å². The van der Waals surface area contributed by atoms with Crippen LogP contribution in [-0.2, 0) is 6.54 Å². The van der Waals surface area contributed by atoms with Gasteiger partial charge in [-0.2, -0.15) is 5.10 Å². The molecule has 0 saturated carbocycles. The molecule has 0 radical (unpaired) electrons. The molecule has 1 heterocycles. The van der Waals surface area contributed by atoms with Crippen molar-refractivity contribution >= 4 is 22.4 Å². The van der Waals surface area contributed by atoms with Gasteiger partial charge in [-0.3, -0.25) is 9.59 Å². The average molecular weight is 446 g/mol. The van der Waals surface area contributed by atoms with Crippen LogP contribution >= 0.6 is 0 Å². The molecule has 5 aromatic rings. The number of hydrogen-bond donors (Lipinski definition) is 1. The van der Waals surface area contributed by atoms with Crippen LogP contribution in [0.2, 0.25) is 0 Å². The highest BCUT2D eigenvalue weighted by Gasteiger charge is 2.25. The van der Waals surface area contributed by atoms with E-state index in [2.05, 4.69) is 10.4 Å². The lowest BCUT2D eigenvalue weighted by Gasteiger charge is -2.17.